The van der Waals surface area contributed by atoms with E-state index >= 15 is 0 Å². The van der Waals surface area contributed by atoms with Crippen LogP contribution in [0.15, 0.2) is 18.3 Å². The van der Waals surface area contributed by atoms with Gasteiger partial charge in [-0.05, 0) is 37.8 Å². The molecule has 134 valence electrons. The number of anilines is 1. The number of carbonyl (C=O) groups excluding carboxylic acids is 1. The first-order valence-electron chi connectivity index (χ1n) is 7.71. The molecule has 0 aliphatic heterocycles. The van der Waals surface area contributed by atoms with Gasteiger partial charge in [-0.2, -0.15) is 0 Å². The van der Waals surface area contributed by atoms with Crippen molar-refractivity contribution in [3.8, 4) is 0 Å². The molecular weight excluding hydrogens is 335 g/mol. The van der Waals surface area contributed by atoms with Gasteiger partial charge < -0.3 is 16.0 Å². The van der Waals surface area contributed by atoms with Crippen LogP contribution in [0.5, 0.6) is 0 Å². The van der Waals surface area contributed by atoms with Crippen molar-refractivity contribution in [2.75, 3.05) is 18.0 Å². The van der Waals surface area contributed by atoms with Crippen LogP contribution in [0.1, 0.15) is 39.7 Å². The zero-order valence-corrected chi connectivity index (χ0v) is 16.0. The predicted octanol–water partition coefficient (Wildman–Crippen LogP) is 2.76. The zero-order chi connectivity index (χ0) is 15.8. The molecule has 5 nitrogen and oxygen atoms in total. The lowest BCUT2D eigenvalue weighted by Gasteiger charge is -2.19. The Labute approximate surface area is 152 Å². The molecule has 0 bridgehead atoms. The average molecular weight is 365 g/mol. The van der Waals surface area contributed by atoms with Crippen LogP contribution >= 0.6 is 24.8 Å². The van der Waals surface area contributed by atoms with Gasteiger partial charge in [0.05, 0.1) is 6.04 Å². The molecular formula is C16H30Cl2N4O. The van der Waals surface area contributed by atoms with Crippen LogP contribution in [0, 0.1) is 5.92 Å². The fourth-order valence-corrected chi connectivity index (χ4v) is 2.19. The summed E-state index contributed by atoms with van der Waals surface area (Å²) < 4.78 is 0. The first kappa shape index (κ1) is 24.2. The summed E-state index contributed by atoms with van der Waals surface area (Å²) in [5.41, 5.74) is 6.83. The summed E-state index contributed by atoms with van der Waals surface area (Å²) in [4.78, 5) is 18.5. The Hall–Kier alpha value is -1.04. The lowest BCUT2D eigenvalue weighted by Crippen LogP contribution is -2.41. The molecule has 0 radical (unpaired) electrons. The van der Waals surface area contributed by atoms with Gasteiger partial charge in [-0.3, -0.25) is 4.79 Å². The van der Waals surface area contributed by atoms with Crippen LogP contribution in [-0.2, 0) is 11.3 Å². The SMILES string of the molecule is CCN(CC)c1ccc(CNC(=O)[C@@H](N)CC(C)C)cn1.Cl.Cl. The van der Waals surface area contributed by atoms with Gasteiger partial charge in [0.15, 0.2) is 0 Å². The first-order chi connectivity index (χ1) is 9.97. The number of amides is 1. The van der Waals surface area contributed by atoms with Gasteiger partial charge >= 0.3 is 0 Å². The molecule has 1 aromatic rings. The van der Waals surface area contributed by atoms with Crippen LogP contribution in [-0.4, -0.2) is 30.0 Å². The van der Waals surface area contributed by atoms with Crippen molar-refractivity contribution in [3.05, 3.63) is 23.9 Å². The lowest BCUT2D eigenvalue weighted by molar-refractivity contribution is -0.122. The molecule has 0 aliphatic carbocycles. The van der Waals surface area contributed by atoms with Crippen molar-refractivity contribution in [3.63, 3.8) is 0 Å². The van der Waals surface area contributed by atoms with Gasteiger partial charge in [-0.25, -0.2) is 4.98 Å². The molecule has 0 saturated heterocycles. The van der Waals surface area contributed by atoms with E-state index in [1.54, 1.807) is 0 Å². The van der Waals surface area contributed by atoms with Crippen molar-refractivity contribution in [2.24, 2.45) is 11.7 Å². The minimum atomic E-state index is -0.437. The van der Waals surface area contributed by atoms with Gasteiger partial charge in [0.1, 0.15) is 5.82 Å². The van der Waals surface area contributed by atoms with Gasteiger partial charge in [-0.15, -0.1) is 24.8 Å². The van der Waals surface area contributed by atoms with Crippen LogP contribution < -0.4 is 16.0 Å². The summed E-state index contributed by atoms with van der Waals surface area (Å²) in [7, 11) is 0. The second kappa shape index (κ2) is 12.4. The Balaban J connectivity index is 0. The van der Waals surface area contributed by atoms with Crippen molar-refractivity contribution < 1.29 is 4.79 Å². The number of hydrogen-bond donors (Lipinski definition) is 2. The number of nitrogens with one attached hydrogen (secondary N) is 1. The molecule has 1 aromatic heterocycles. The van der Waals surface area contributed by atoms with Crippen LogP contribution in [0.3, 0.4) is 0 Å². The molecule has 0 spiro atoms. The number of aromatic nitrogens is 1. The Morgan fingerprint density at radius 1 is 1.26 bits per heavy atom. The number of halogens is 2. The number of nitrogens with two attached hydrogens (primary N) is 1. The molecule has 0 saturated carbocycles. The Morgan fingerprint density at radius 3 is 2.30 bits per heavy atom. The number of rotatable bonds is 8. The second-order valence-electron chi connectivity index (χ2n) is 5.65. The highest BCUT2D eigenvalue weighted by Gasteiger charge is 2.14. The van der Waals surface area contributed by atoms with E-state index < -0.39 is 6.04 Å². The quantitative estimate of drug-likeness (QED) is 0.743. The highest BCUT2D eigenvalue weighted by atomic mass is 35.5. The van der Waals surface area contributed by atoms with E-state index in [4.69, 9.17) is 5.73 Å². The van der Waals surface area contributed by atoms with E-state index in [1.165, 1.54) is 0 Å². The summed E-state index contributed by atoms with van der Waals surface area (Å²) in [5.74, 6) is 1.28. The summed E-state index contributed by atoms with van der Waals surface area (Å²) in [5, 5.41) is 2.86. The standard InChI is InChI=1S/C16H28N4O.2ClH/c1-5-20(6-2)15-8-7-13(10-18-15)11-19-16(21)14(17)9-12(3)4;;/h7-8,10,12,14H,5-6,9,11,17H2,1-4H3,(H,19,21);2*1H/t14-;;/m0../s1. The highest BCUT2D eigenvalue weighted by Crippen LogP contribution is 2.10. The lowest BCUT2D eigenvalue weighted by atomic mass is 10.0. The average Bonchev–Trinajstić information content (AvgIpc) is 2.46. The maximum absolute atomic E-state index is 11.9. The second-order valence-corrected chi connectivity index (χ2v) is 5.65. The molecule has 7 heteroatoms. The Kier molecular flexibility index (Phi) is 13.0. The maximum atomic E-state index is 11.9. The molecule has 0 unspecified atom stereocenters. The van der Waals surface area contributed by atoms with Crippen LogP contribution in [0.25, 0.3) is 0 Å². The number of carbonyl (C=O) groups is 1. The van der Waals surface area contributed by atoms with E-state index in [9.17, 15) is 4.79 Å². The third-order valence-electron chi connectivity index (χ3n) is 3.43. The monoisotopic (exact) mass is 364 g/mol. The van der Waals surface area contributed by atoms with Crippen LogP contribution in [0.4, 0.5) is 5.82 Å². The fourth-order valence-electron chi connectivity index (χ4n) is 2.19. The minimum absolute atomic E-state index is 0. The van der Waals surface area contributed by atoms with Crippen molar-refractivity contribution >= 4 is 36.5 Å². The molecule has 0 aliphatic rings. The van der Waals surface area contributed by atoms with E-state index in [-0.39, 0.29) is 30.7 Å². The van der Waals surface area contributed by atoms with E-state index in [0.29, 0.717) is 18.9 Å². The molecule has 23 heavy (non-hydrogen) atoms. The van der Waals surface area contributed by atoms with E-state index in [1.807, 2.05) is 18.3 Å². The van der Waals surface area contributed by atoms with E-state index in [0.717, 1.165) is 24.5 Å². The fraction of sp³-hybridized carbons (Fsp3) is 0.625. The van der Waals surface area contributed by atoms with Crippen molar-refractivity contribution in [1.82, 2.24) is 10.3 Å². The minimum Gasteiger partial charge on any atom is -0.357 e. The summed E-state index contributed by atoms with van der Waals surface area (Å²) in [6.45, 7) is 10.7. The largest absolute Gasteiger partial charge is 0.357 e. The predicted molar refractivity (Wildman–Crippen MR) is 102 cm³/mol. The molecule has 1 amide bonds. The molecule has 0 aromatic carbocycles. The third-order valence-corrected chi connectivity index (χ3v) is 3.43. The smallest absolute Gasteiger partial charge is 0.237 e. The van der Waals surface area contributed by atoms with Gasteiger partial charge in [0.25, 0.3) is 0 Å². The molecule has 1 atom stereocenters. The molecule has 1 rings (SSSR count). The van der Waals surface area contributed by atoms with Crippen LogP contribution in [0.2, 0.25) is 0 Å². The van der Waals surface area contributed by atoms with Gasteiger partial charge in [0, 0.05) is 25.8 Å². The van der Waals surface area contributed by atoms with Crippen molar-refractivity contribution in [1.29, 1.82) is 0 Å². The molecule has 3 N–H and O–H groups in total. The number of nitrogens with zero attached hydrogens (tertiary/aromatic N) is 2. The van der Waals surface area contributed by atoms with Crippen molar-refractivity contribution in [2.45, 2.75) is 46.7 Å². The number of hydrogen-bond acceptors (Lipinski definition) is 4. The number of pyridine rings is 1. The molecule has 0 fully saturated rings. The summed E-state index contributed by atoms with van der Waals surface area (Å²) >= 11 is 0. The normalized spacial score (nSPS) is 11.2. The third kappa shape index (κ3) is 8.39. The zero-order valence-electron chi connectivity index (χ0n) is 14.4. The van der Waals surface area contributed by atoms with Gasteiger partial charge in [0.2, 0.25) is 5.91 Å². The first-order valence-corrected chi connectivity index (χ1v) is 7.71. The highest BCUT2D eigenvalue weighted by molar-refractivity contribution is 5.85. The summed E-state index contributed by atoms with van der Waals surface area (Å²) in [6.07, 6.45) is 2.51. The van der Waals surface area contributed by atoms with Gasteiger partial charge in [-0.1, -0.05) is 19.9 Å². The maximum Gasteiger partial charge on any atom is 0.237 e. The Morgan fingerprint density at radius 2 is 1.87 bits per heavy atom. The summed E-state index contributed by atoms with van der Waals surface area (Å²) in [6, 6.07) is 3.55. The Bertz CT molecular complexity index is 436. The molecule has 1 heterocycles. The topological polar surface area (TPSA) is 71.2 Å². The van der Waals surface area contributed by atoms with E-state index in [2.05, 4.69) is 42.9 Å².